The highest BCUT2D eigenvalue weighted by Gasteiger charge is 2.54. The van der Waals surface area contributed by atoms with E-state index in [1.165, 1.54) is 0 Å². The van der Waals surface area contributed by atoms with E-state index >= 15 is 0 Å². The lowest BCUT2D eigenvalue weighted by atomic mass is 9.49. The first-order chi connectivity index (χ1) is 8.28. The molecule has 84 valence electrons. The Morgan fingerprint density at radius 1 is 1.00 bits per heavy atom. The fourth-order valence-electron chi connectivity index (χ4n) is 1.80. The lowest BCUT2D eigenvalue weighted by Gasteiger charge is -2.07. The molecule has 0 aliphatic carbocycles. The monoisotopic (exact) mass is 228 g/mol. The minimum Gasteiger partial charge on any atom is -0.527 e. The molecule has 0 saturated heterocycles. The summed E-state index contributed by atoms with van der Waals surface area (Å²) in [7, 11) is -1.17. The fraction of sp³-hybridized carbons (Fsp3) is 0.0909. The van der Waals surface area contributed by atoms with Crippen LogP contribution in [0.3, 0.4) is 0 Å². The maximum absolute atomic E-state index is 5.60. The smallest absolute Gasteiger partial charge is 0.527 e. The zero-order valence-electron chi connectivity index (χ0n) is 9.38. The number of allylic oxidation sites excluding steroid dienone is 2. The van der Waals surface area contributed by atoms with E-state index in [0.29, 0.717) is 23.0 Å². The van der Waals surface area contributed by atoms with Gasteiger partial charge in [-0.15, -0.1) is 0 Å². The van der Waals surface area contributed by atoms with Crippen LogP contribution in [0.1, 0.15) is 6.92 Å². The molecule has 0 N–H and O–H groups in total. The second-order valence-electron chi connectivity index (χ2n) is 3.78. The van der Waals surface area contributed by atoms with Gasteiger partial charge < -0.3 is 18.6 Å². The van der Waals surface area contributed by atoms with Crippen LogP contribution in [0.15, 0.2) is 48.4 Å². The average molecular weight is 228 g/mol. The van der Waals surface area contributed by atoms with E-state index in [4.69, 9.17) is 18.6 Å². The standard InChI is InChI=1S/C11H10B2O4/c1-3-9-8(2)14-12(15-9)13-16-10-6-4-5-7-11(10)17-13/h3-7H,1H2,2H3. The molecular formula is C11H10B2O4. The maximum Gasteiger partial charge on any atom is 0.658 e. The minimum absolute atomic E-state index is 0.584. The summed E-state index contributed by atoms with van der Waals surface area (Å²) in [6.07, 6.45) is 1.61. The van der Waals surface area contributed by atoms with Gasteiger partial charge in [0.1, 0.15) is 23.0 Å². The van der Waals surface area contributed by atoms with Gasteiger partial charge in [0, 0.05) is 0 Å². The highest BCUT2D eigenvalue weighted by Crippen LogP contribution is 2.35. The Bertz CT molecular complexity index is 475. The molecule has 1 aromatic rings. The molecule has 3 rings (SSSR count). The van der Waals surface area contributed by atoms with Gasteiger partial charge in [-0.1, -0.05) is 18.7 Å². The molecule has 2 aliphatic rings. The van der Waals surface area contributed by atoms with Crippen LogP contribution in [0.5, 0.6) is 11.5 Å². The first-order valence-electron chi connectivity index (χ1n) is 5.37. The van der Waals surface area contributed by atoms with Crippen molar-refractivity contribution in [1.82, 2.24) is 0 Å². The van der Waals surface area contributed by atoms with Crippen molar-refractivity contribution in [3.63, 3.8) is 0 Å². The summed E-state index contributed by atoms with van der Waals surface area (Å²) < 4.78 is 22.2. The van der Waals surface area contributed by atoms with Crippen LogP contribution in [0.25, 0.3) is 0 Å². The first-order valence-corrected chi connectivity index (χ1v) is 5.37. The normalized spacial score (nSPS) is 17.0. The van der Waals surface area contributed by atoms with E-state index < -0.39 is 14.0 Å². The molecule has 0 amide bonds. The molecule has 4 nitrogen and oxygen atoms in total. The molecule has 0 aromatic heterocycles. The minimum atomic E-state index is -0.588. The predicted molar refractivity (Wildman–Crippen MR) is 64.3 cm³/mol. The van der Waals surface area contributed by atoms with Crippen LogP contribution in [0.2, 0.25) is 0 Å². The van der Waals surface area contributed by atoms with Gasteiger partial charge in [-0.2, -0.15) is 0 Å². The van der Waals surface area contributed by atoms with Gasteiger partial charge in [-0.25, -0.2) is 0 Å². The van der Waals surface area contributed by atoms with Gasteiger partial charge in [-0.05, 0) is 25.1 Å². The van der Waals surface area contributed by atoms with E-state index in [9.17, 15) is 0 Å². The molecule has 6 heteroatoms. The van der Waals surface area contributed by atoms with Crippen molar-refractivity contribution >= 4 is 14.0 Å². The molecule has 0 fully saturated rings. The number of rotatable bonds is 2. The van der Waals surface area contributed by atoms with Gasteiger partial charge >= 0.3 is 14.0 Å². The zero-order valence-corrected chi connectivity index (χ0v) is 9.38. The van der Waals surface area contributed by atoms with Gasteiger partial charge in [0.15, 0.2) is 0 Å². The molecule has 2 heterocycles. The van der Waals surface area contributed by atoms with E-state index in [1.807, 2.05) is 31.2 Å². The quantitative estimate of drug-likeness (QED) is 0.725. The molecular weight excluding hydrogens is 218 g/mol. The molecule has 1 aromatic carbocycles. The number of hydrogen-bond donors (Lipinski definition) is 0. The van der Waals surface area contributed by atoms with Crippen LogP contribution in [-0.2, 0) is 9.31 Å². The third kappa shape index (κ3) is 1.65. The summed E-state index contributed by atoms with van der Waals surface area (Å²) >= 11 is 0. The van der Waals surface area contributed by atoms with Crippen LogP contribution < -0.4 is 9.31 Å². The molecule has 0 radical (unpaired) electrons. The van der Waals surface area contributed by atoms with Crippen LogP contribution in [0.4, 0.5) is 0 Å². The second kappa shape index (κ2) is 3.80. The second-order valence-corrected chi connectivity index (χ2v) is 3.78. The Morgan fingerprint density at radius 3 is 2.12 bits per heavy atom. The Balaban J connectivity index is 1.73. The van der Waals surface area contributed by atoms with Crippen LogP contribution in [0, 0.1) is 0 Å². The SMILES string of the molecule is C=CC1=C(C)OB(B2Oc3ccccc3O2)O1. The molecule has 0 atom stereocenters. The van der Waals surface area contributed by atoms with Crippen molar-refractivity contribution < 1.29 is 18.6 Å². The summed E-state index contributed by atoms with van der Waals surface area (Å²) in [5.74, 6) is 2.72. The summed E-state index contributed by atoms with van der Waals surface area (Å²) in [4.78, 5) is 0. The Hall–Kier alpha value is -1.97. The first kappa shape index (κ1) is 10.2. The van der Waals surface area contributed by atoms with Crippen LogP contribution in [-0.4, -0.2) is 14.0 Å². The summed E-state index contributed by atoms with van der Waals surface area (Å²) in [6, 6.07) is 7.47. The van der Waals surface area contributed by atoms with Crippen LogP contribution >= 0.6 is 0 Å². The summed E-state index contributed by atoms with van der Waals surface area (Å²) in [5, 5.41) is 0. The van der Waals surface area contributed by atoms with E-state index in [2.05, 4.69) is 6.58 Å². The molecule has 0 spiro atoms. The van der Waals surface area contributed by atoms with Crippen molar-refractivity contribution in [3.05, 3.63) is 48.4 Å². The van der Waals surface area contributed by atoms with Crippen molar-refractivity contribution in [2.45, 2.75) is 6.92 Å². The average Bonchev–Trinajstić information content (AvgIpc) is 2.91. The summed E-state index contributed by atoms with van der Waals surface area (Å²) in [5.41, 5.74) is 0. The van der Waals surface area contributed by atoms with Gasteiger partial charge in [0.2, 0.25) is 0 Å². The van der Waals surface area contributed by atoms with E-state index in [1.54, 1.807) is 6.08 Å². The third-order valence-electron chi connectivity index (χ3n) is 2.63. The van der Waals surface area contributed by atoms with Crippen molar-refractivity contribution in [2.75, 3.05) is 0 Å². The van der Waals surface area contributed by atoms with Gasteiger partial charge in [0.25, 0.3) is 0 Å². The number of fused-ring (bicyclic) bond motifs is 1. The predicted octanol–water partition coefficient (Wildman–Crippen LogP) is 1.98. The lowest BCUT2D eigenvalue weighted by Crippen LogP contribution is -2.45. The highest BCUT2D eigenvalue weighted by atomic mass is 16.7. The zero-order chi connectivity index (χ0) is 11.8. The van der Waals surface area contributed by atoms with Gasteiger partial charge in [0.05, 0.1) is 0 Å². The number of para-hydroxylation sites is 2. The molecule has 2 aliphatic heterocycles. The van der Waals surface area contributed by atoms with Crippen molar-refractivity contribution in [1.29, 1.82) is 0 Å². The maximum atomic E-state index is 5.60. The highest BCUT2D eigenvalue weighted by molar-refractivity contribution is 7.12. The van der Waals surface area contributed by atoms with E-state index in [0.717, 1.165) is 0 Å². The number of hydrogen-bond acceptors (Lipinski definition) is 4. The summed E-state index contributed by atoms with van der Waals surface area (Å²) in [6.45, 7) is 5.47. The number of benzene rings is 1. The molecule has 0 saturated carbocycles. The fourth-order valence-corrected chi connectivity index (χ4v) is 1.80. The Morgan fingerprint density at radius 2 is 1.59 bits per heavy atom. The topological polar surface area (TPSA) is 36.9 Å². The van der Waals surface area contributed by atoms with E-state index in [-0.39, 0.29) is 0 Å². The largest absolute Gasteiger partial charge is 0.658 e. The molecule has 0 bridgehead atoms. The van der Waals surface area contributed by atoms with Crippen molar-refractivity contribution in [2.24, 2.45) is 0 Å². The lowest BCUT2D eigenvalue weighted by molar-refractivity contribution is 0.379. The Labute approximate surface area is 100 Å². The third-order valence-corrected chi connectivity index (χ3v) is 2.63. The van der Waals surface area contributed by atoms with Gasteiger partial charge in [-0.3, -0.25) is 0 Å². The van der Waals surface area contributed by atoms with Crippen molar-refractivity contribution in [3.8, 4) is 11.5 Å². The Kier molecular flexibility index (Phi) is 2.28. The molecule has 17 heavy (non-hydrogen) atoms. The molecule has 0 unspecified atom stereocenters.